The molecule has 0 bridgehead atoms. The summed E-state index contributed by atoms with van der Waals surface area (Å²) in [5.41, 5.74) is -0.506. The molecule has 1 saturated heterocycles. The van der Waals surface area contributed by atoms with Crippen molar-refractivity contribution in [2.75, 3.05) is 13.1 Å². The highest BCUT2D eigenvalue weighted by Gasteiger charge is 2.30. The Kier molecular flexibility index (Phi) is 3.63. The van der Waals surface area contributed by atoms with E-state index in [-0.39, 0.29) is 24.4 Å². The quantitative estimate of drug-likeness (QED) is 0.695. The molecule has 18 heavy (non-hydrogen) atoms. The lowest BCUT2D eigenvalue weighted by molar-refractivity contribution is -0.127. The molecule has 1 aliphatic rings. The minimum absolute atomic E-state index is 0.0850. The second kappa shape index (κ2) is 5.03. The fraction of sp³-hybridized carbons (Fsp3) is 0.545. The monoisotopic (exact) mass is 268 g/mol. The van der Waals surface area contributed by atoms with E-state index < -0.39 is 5.54 Å². The van der Waals surface area contributed by atoms with Crippen molar-refractivity contribution < 1.29 is 9.59 Å². The Morgan fingerprint density at radius 3 is 2.94 bits per heavy atom. The Morgan fingerprint density at radius 1 is 1.61 bits per heavy atom. The molecule has 6 nitrogen and oxygen atoms in total. The Balaban J connectivity index is 1.97. The van der Waals surface area contributed by atoms with Crippen LogP contribution in [0.5, 0.6) is 0 Å². The van der Waals surface area contributed by atoms with Gasteiger partial charge in [0.05, 0.1) is 12.1 Å². The summed E-state index contributed by atoms with van der Waals surface area (Å²) in [4.78, 5) is 27.3. The molecule has 0 saturated carbocycles. The van der Waals surface area contributed by atoms with Crippen molar-refractivity contribution in [3.63, 3.8) is 0 Å². The number of hydrogen-bond donors (Lipinski definition) is 3. The van der Waals surface area contributed by atoms with Gasteiger partial charge in [0, 0.05) is 18.1 Å². The Morgan fingerprint density at radius 2 is 2.39 bits per heavy atom. The molecule has 98 valence electrons. The smallest absolute Gasteiger partial charge is 0.239 e. The van der Waals surface area contributed by atoms with Crippen LogP contribution in [0.25, 0.3) is 0 Å². The molecule has 1 atom stereocenters. The van der Waals surface area contributed by atoms with Gasteiger partial charge in [-0.1, -0.05) is 0 Å². The molecule has 1 fully saturated rings. The highest BCUT2D eigenvalue weighted by Crippen LogP contribution is 2.21. The largest absolute Gasteiger partial charge is 0.353 e. The molecule has 1 unspecified atom stereocenters. The highest BCUT2D eigenvalue weighted by atomic mass is 32.1. The predicted octanol–water partition coefficient (Wildman–Crippen LogP) is -0.418. The first-order chi connectivity index (χ1) is 8.49. The molecule has 1 aromatic rings. The van der Waals surface area contributed by atoms with Crippen LogP contribution in [0, 0.1) is 0 Å². The van der Waals surface area contributed by atoms with E-state index in [1.807, 2.05) is 19.2 Å². The van der Waals surface area contributed by atoms with Gasteiger partial charge < -0.3 is 10.6 Å². The number of hydrogen-bond acceptors (Lipinski definition) is 5. The lowest BCUT2D eigenvalue weighted by atomic mass is 10.1. The van der Waals surface area contributed by atoms with Gasteiger partial charge >= 0.3 is 0 Å². The first-order valence-electron chi connectivity index (χ1n) is 5.71. The van der Waals surface area contributed by atoms with Crippen LogP contribution in [0.15, 0.2) is 11.6 Å². The average molecular weight is 268 g/mol. The van der Waals surface area contributed by atoms with Crippen LogP contribution in [-0.2, 0) is 15.1 Å². The summed E-state index contributed by atoms with van der Waals surface area (Å²) in [6, 6.07) is -0.387. The zero-order chi connectivity index (χ0) is 13.2. The molecule has 2 heterocycles. The van der Waals surface area contributed by atoms with Crippen LogP contribution in [0.1, 0.15) is 18.9 Å². The first-order valence-corrected chi connectivity index (χ1v) is 6.59. The lowest BCUT2D eigenvalue weighted by Gasteiger charge is -2.29. The summed E-state index contributed by atoms with van der Waals surface area (Å²) in [5.74, 6) is -0.214. The summed E-state index contributed by atoms with van der Waals surface area (Å²) >= 11 is 1.50. The van der Waals surface area contributed by atoms with Crippen molar-refractivity contribution in [1.29, 1.82) is 0 Å². The Hall–Kier alpha value is -1.47. The minimum atomic E-state index is -0.506. The number of carbonyl (C=O) groups is 2. The van der Waals surface area contributed by atoms with Crippen LogP contribution in [-0.4, -0.2) is 35.9 Å². The second-order valence-corrected chi connectivity index (χ2v) is 5.58. The van der Waals surface area contributed by atoms with Crippen LogP contribution in [0.4, 0.5) is 0 Å². The maximum atomic E-state index is 12.1. The van der Waals surface area contributed by atoms with Crippen molar-refractivity contribution in [2.24, 2.45) is 0 Å². The van der Waals surface area contributed by atoms with E-state index >= 15 is 0 Å². The zero-order valence-corrected chi connectivity index (χ0v) is 11.1. The van der Waals surface area contributed by atoms with Gasteiger partial charge in [-0.25, -0.2) is 4.98 Å². The molecular weight excluding hydrogens is 252 g/mol. The summed E-state index contributed by atoms with van der Waals surface area (Å²) in [5, 5.41) is 11.2. The molecule has 0 radical (unpaired) electrons. The molecule has 0 spiro atoms. The lowest BCUT2D eigenvalue weighted by Crippen LogP contribution is -2.60. The molecule has 1 aliphatic heterocycles. The molecule has 7 heteroatoms. The van der Waals surface area contributed by atoms with Crippen molar-refractivity contribution in [3.8, 4) is 0 Å². The number of nitrogens with zero attached hydrogens (tertiary/aromatic N) is 1. The van der Waals surface area contributed by atoms with Gasteiger partial charge in [-0.2, -0.15) is 0 Å². The molecule has 2 amide bonds. The van der Waals surface area contributed by atoms with E-state index in [0.29, 0.717) is 6.54 Å². The van der Waals surface area contributed by atoms with Crippen molar-refractivity contribution in [1.82, 2.24) is 20.9 Å². The molecule has 2 rings (SSSR count). The summed E-state index contributed by atoms with van der Waals surface area (Å²) in [7, 11) is 0. The van der Waals surface area contributed by atoms with Crippen LogP contribution >= 0.6 is 11.3 Å². The normalized spacial score (nSPS) is 20.3. The van der Waals surface area contributed by atoms with Gasteiger partial charge in [0.1, 0.15) is 11.0 Å². The fourth-order valence-electron chi connectivity index (χ4n) is 1.73. The zero-order valence-electron chi connectivity index (χ0n) is 10.3. The van der Waals surface area contributed by atoms with Gasteiger partial charge in [-0.05, 0) is 13.8 Å². The van der Waals surface area contributed by atoms with E-state index in [1.54, 1.807) is 6.20 Å². The first kappa shape index (κ1) is 13.0. The Bertz CT molecular complexity index is 434. The minimum Gasteiger partial charge on any atom is -0.353 e. The van der Waals surface area contributed by atoms with Crippen LogP contribution < -0.4 is 16.0 Å². The molecule has 1 aromatic heterocycles. The highest BCUT2D eigenvalue weighted by molar-refractivity contribution is 7.09. The van der Waals surface area contributed by atoms with Crippen molar-refractivity contribution in [2.45, 2.75) is 25.4 Å². The van der Waals surface area contributed by atoms with E-state index in [9.17, 15) is 9.59 Å². The van der Waals surface area contributed by atoms with E-state index in [2.05, 4.69) is 20.9 Å². The van der Waals surface area contributed by atoms with Crippen LogP contribution in [0.3, 0.4) is 0 Å². The third-order valence-corrected chi connectivity index (χ3v) is 3.83. The fourth-order valence-corrected chi connectivity index (χ4v) is 2.45. The van der Waals surface area contributed by atoms with Gasteiger partial charge in [0.15, 0.2) is 0 Å². The SMILES string of the molecule is CC(C)(NC(=O)C1CNC(=O)CN1)c1nccs1. The predicted molar refractivity (Wildman–Crippen MR) is 68.1 cm³/mol. The maximum Gasteiger partial charge on any atom is 0.239 e. The van der Waals surface area contributed by atoms with Gasteiger partial charge in [0.2, 0.25) is 11.8 Å². The summed E-state index contributed by atoms with van der Waals surface area (Å²) in [6.07, 6.45) is 1.72. The summed E-state index contributed by atoms with van der Waals surface area (Å²) in [6.45, 7) is 4.31. The number of piperazine rings is 1. The average Bonchev–Trinajstić information content (AvgIpc) is 2.83. The number of nitrogens with one attached hydrogen (secondary N) is 3. The van der Waals surface area contributed by atoms with Crippen molar-refractivity contribution in [3.05, 3.63) is 16.6 Å². The topological polar surface area (TPSA) is 83.1 Å². The van der Waals surface area contributed by atoms with Gasteiger partial charge in [-0.3, -0.25) is 14.9 Å². The second-order valence-electron chi connectivity index (χ2n) is 4.69. The number of rotatable bonds is 3. The molecular formula is C11H16N4O2S. The van der Waals surface area contributed by atoms with Gasteiger partial charge in [-0.15, -0.1) is 11.3 Å². The maximum absolute atomic E-state index is 12.1. The number of amides is 2. The number of aromatic nitrogens is 1. The van der Waals surface area contributed by atoms with E-state index in [4.69, 9.17) is 0 Å². The molecule has 0 aliphatic carbocycles. The third-order valence-electron chi connectivity index (χ3n) is 2.73. The van der Waals surface area contributed by atoms with Crippen molar-refractivity contribution >= 4 is 23.2 Å². The van der Waals surface area contributed by atoms with Crippen LogP contribution in [0.2, 0.25) is 0 Å². The van der Waals surface area contributed by atoms with E-state index in [0.717, 1.165) is 5.01 Å². The molecule has 0 aromatic carbocycles. The van der Waals surface area contributed by atoms with E-state index in [1.165, 1.54) is 11.3 Å². The molecule has 3 N–H and O–H groups in total. The van der Waals surface area contributed by atoms with Gasteiger partial charge in [0.25, 0.3) is 0 Å². The Labute approximate surface area is 109 Å². The summed E-state index contributed by atoms with van der Waals surface area (Å²) < 4.78 is 0. The number of thiazole rings is 1. The standard InChI is InChI=1S/C11H16N4O2S/c1-11(2,10-12-3-4-18-10)15-9(17)7-5-14-8(16)6-13-7/h3-4,7,13H,5-6H2,1-2H3,(H,14,16)(H,15,17). The third kappa shape index (κ3) is 2.85. The number of carbonyl (C=O) groups excluding carboxylic acids is 2.